The second-order valence-corrected chi connectivity index (χ2v) is 5.78. The van der Waals surface area contributed by atoms with E-state index in [2.05, 4.69) is 20.5 Å². The number of benzene rings is 1. The zero-order chi connectivity index (χ0) is 17.3. The van der Waals surface area contributed by atoms with Crippen LogP contribution in [0.1, 0.15) is 11.5 Å². The van der Waals surface area contributed by atoms with Gasteiger partial charge in [-0.1, -0.05) is 0 Å². The summed E-state index contributed by atoms with van der Waals surface area (Å²) in [5.74, 6) is -2.86. The fourth-order valence-electron chi connectivity index (χ4n) is 3.00. The van der Waals surface area contributed by atoms with E-state index >= 15 is 0 Å². The Morgan fingerprint density at radius 2 is 2.04 bits per heavy atom. The third kappa shape index (κ3) is 3.91. The lowest BCUT2D eigenvalue weighted by atomic mass is 9.90. The zero-order valence-corrected chi connectivity index (χ0v) is 14.6. The summed E-state index contributed by atoms with van der Waals surface area (Å²) in [6, 6.07) is 2.09. The zero-order valence-electron chi connectivity index (χ0n) is 13.8. The Bertz CT molecular complexity index is 745. The average Bonchev–Trinajstić information content (AvgIpc) is 3.15. The highest BCUT2D eigenvalue weighted by molar-refractivity contribution is 5.93. The number of amides is 1. The molecule has 1 aliphatic rings. The summed E-state index contributed by atoms with van der Waals surface area (Å²) in [6.07, 6.45) is 3.59. The molecule has 136 valence electrons. The van der Waals surface area contributed by atoms with Crippen molar-refractivity contribution in [1.29, 1.82) is 0 Å². The highest BCUT2D eigenvalue weighted by atomic mass is 35.5. The maximum atomic E-state index is 13.7. The van der Waals surface area contributed by atoms with Crippen LogP contribution in [0.4, 0.5) is 14.5 Å². The van der Waals surface area contributed by atoms with Gasteiger partial charge < -0.3 is 15.4 Å². The third-order valence-corrected chi connectivity index (χ3v) is 4.17. The number of hydrogen-bond acceptors (Lipinski definition) is 4. The number of rotatable bonds is 4. The first-order valence-corrected chi connectivity index (χ1v) is 7.52. The summed E-state index contributed by atoms with van der Waals surface area (Å²) < 4.78 is 33.8. The van der Waals surface area contributed by atoms with Gasteiger partial charge in [-0.05, 0) is 5.56 Å². The van der Waals surface area contributed by atoms with Crippen LogP contribution in [0.15, 0.2) is 24.5 Å². The number of nitrogens with zero attached hydrogens (tertiary/aromatic N) is 2. The van der Waals surface area contributed by atoms with Crippen LogP contribution < -0.4 is 15.4 Å². The third-order valence-electron chi connectivity index (χ3n) is 4.17. The Morgan fingerprint density at radius 3 is 2.60 bits per heavy atom. The van der Waals surface area contributed by atoms with Crippen LogP contribution in [-0.4, -0.2) is 35.9 Å². The molecule has 1 fully saturated rings. The van der Waals surface area contributed by atoms with E-state index in [1.807, 2.05) is 13.2 Å². The van der Waals surface area contributed by atoms with Crippen molar-refractivity contribution in [1.82, 2.24) is 15.1 Å². The number of ether oxygens (including phenoxy) is 1. The summed E-state index contributed by atoms with van der Waals surface area (Å²) in [4.78, 5) is 12.5. The lowest BCUT2D eigenvalue weighted by Crippen LogP contribution is -2.28. The number of nitrogens with one attached hydrogen (secondary N) is 2. The molecule has 2 aromatic rings. The second-order valence-electron chi connectivity index (χ2n) is 5.78. The van der Waals surface area contributed by atoms with E-state index in [0.29, 0.717) is 13.1 Å². The minimum absolute atomic E-state index is 0. The minimum atomic E-state index is -0.860. The quantitative estimate of drug-likeness (QED) is 0.862. The second kappa shape index (κ2) is 7.79. The predicted octanol–water partition coefficient (Wildman–Crippen LogP) is 2.07. The van der Waals surface area contributed by atoms with E-state index < -0.39 is 17.4 Å². The van der Waals surface area contributed by atoms with Gasteiger partial charge in [-0.15, -0.1) is 12.4 Å². The molecule has 0 spiro atoms. The fourth-order valence-corrected chi connectivity index (χ4v) is 3.00. The van der Waals surface area contributed by atoms with Gasteiger partial charge in [0, 0.05) is 50.1 Å². The van der Waals surface area contributed by atoms with Gasteiger partial charge in [0.15, 0.2) is 17.4 Å². The number of hydrogen-bond donors (Lipinski definition) is 2. The van der Waals surface area contributed by atoms with Crippen LogP contribution in [0.2, 0.25) is 0 Å². The Kier molecular flexibility index (Phi) is 5.97. The van der Waals surface area contributed by atoms with E-state index in [0.717, 1.165) is 17.7 Å². The molecular formula is C16H19ClF2N4O2. The molecule has 2 heterocycles. The van der Waals surface area contributed by atoms with Crippen LogP contribution in [0.25, 0.3) is 0 Å². The van der Waals surface area contributed by atoms with E-state index in [9.17, 15) is 13.6 Å². The molecule has 0 unspecified atom stereocenters. The predicted molar refractivity (Wildman–Crippen MR) is 91.1 cm³/mol. The maximum absolute atomic E-state index is 13.7. The van der Waals surface area contributed by atoms with Crippen molar-refractivity contribution in [3.63, 3.8) is 0 Å². The van der Waals surface area contributed by atoms with Crippen molar-refractivity contribution in [3.05, 3.63) is 41.7 Å². The molecule has 2 N–H and O–H groups in total. The molecule has 1 amide bonds. The number of aromatic nitrogens is 2. The highest BCUT2D eigenvalue weighted by Crippen LogP contribution is 2.30. The first kappa shape index (κ1) is 19.1. The van der Waals surface area contributed by atoms with Gasteiger partial charge in [-0.3, -0.25) is 9.48 Å². The molecule has 2 atom stereocenters. The van der Waals surface area contributed by atoms with Crippen LogP contribution in [0.5, 0.6) is 5.75 Å². The molecule has 0 aliphatic carbocycles. The molecule has 1 aromatic heterocycles. The van der Waals surface area contributed by atoms with Crippen molar-refractivity contribution in [3.8, 4) is 5.75 Å². The van der Waals surface area contributed by atoms with Crippen LogP contribution >= 0.6 is 12.4 Å². The van der Waals surface area contributed by atoms with Crippen molar-refractivity contribution >= 4 is 24.0 Å². The molecular weight excluding hydrogens is 354 g/mol. The van der Waals surface area contributed by atoms with E-state index in [4.69, 9.17) is 0 Å². The number of anilines is 1. The van der Waals surface area contributed by atoms with Crippen molar-refractivity contribution in [2.45, 2.75) is 5.92 Å². The van der Waals surface area contributed by atoms with Crippen LogP contribution in [0.3, 0.4) is 0 Å². The first-order valence-electron chi connectivity index (χ1n) is 7.52. The lowest BCUT2D eigenvalue weighted by Gasteiger charge is -2.17. The van der Waals surface area contributed by atoms with E-state index in [1.54, 1.807) is 10.9 Å². The summed E-state index contributed by atoms with van der Waals surface area (Å²) in [5, 5.41) is 9.88. The lowest BCUT2D eigenvalue weighted by molar-refractivity contribution is -0.119. The summed E-state index contributed by atoms with van der Waals surface area (Å²) >= 11 is 0. The molecule has 3 rings (SSSR count). The fraction of sp³-hybridized carbons (Fsp3) is 0.375. The molecule has 6 nitrogen and oxygen atoms in total. The number of halogens is 3. The Morgan fingerprint density at radius 1 is 1.36 bits per heavy atom. The largest absolute Gasteiger partial charge is 0.491 e. The molecule has 9 heteroatoms. The normalized spacial score (nSPS) is 19.4. The van der Waals surface area contributed by atoms with Gasteiger partial charge >= 0.3 is 0 Å². The smallest absolute Gasteiger partial charge is 0.229 e. The molecule has 0 bridgehead atoms. The van der Waals surface area contributed by atoms with Crippen LogP contribution in [0, 0.1) is 17.6 Å². The maximum Gasteiger partial charge on any atom is 0.229 e. The van der Waals surface area contributed by atoms with Gasteiger partial charge in [0.25, 0.3) is 0 Å². The van der Waals surface area contributed by atoms with Crippen LogP contribution in [-0.2, 0) is 11.8 Å². The number of carbonyl (C=O) groups is 1. The van der Waals surface area contributed by atoms with Crippen molar-refractivity contribution < 1.29 is 18.3 Å². The molecule has 1 aromatic carbocycles. The van der Waals surface area contributed by atoms with Gasteiger partial charge in [-0.25, -0.2) is 8.78 Å². The summed E-state index contributed by atoms with van der Waals surface area (Å²) in [6.45, 7) is 1.14. The van der Waals surface area contributed by atoms with Gasteiger partial charge in [0.05, 0.1) is 19.2 Å². The molecule has 0 saturated carbocycles. The van der Waals surface area contributed by atoms with E-state index in [-0.39, 0.29) is 35.8 Å². The standard InChI is InChI=1S/C16H18F2N4O2.ClH/c1-22-8-9(5-20-22)11-6-19-7-12(11)16(23)21-10-3-13(17)15(24-2)14(18)4-10;/h3-5,8,11-12,19H,6-7H2,1-2H3,(H,21,23);1H/t11-,12+;/m1./s1. The Hall–Kier alpha value is -2.19. The monoisotopic (exact) mass is 372 g/mol. The van der Waals surface area contributed by atoms with Crippen molar-refractivity contribution in [2.75, 3.05) is 25.5 Å². The van der Waals surface area contributed by atoms with E-state index in [1.165, 1.54) is 7.11 Å². The van der Waals surface area contributed by atoms with Gasteiger partial charge in [0.2, 0.25) is 5.91 Å². The first-order chi connectivity index (χ1) is 11.5. The molecule has 1 aliphatic heterocycles. The SMILES string of the molecule is COc1c(F)cc(NC(=O)[C@H]2CNC[C@@H]2c2cnn(C)c2)cc1F.Cl. The topological polar surface area (TPSA) is 68.2 Å². The molecule has 1 saturated heterocycles. The summed E-state index contributed by atoms with van der Waals surface area (Å²) in [5.41, 5.74) is 1.02. The Balaban J connectivity index is 0.00000225. The number of carbonyl (C=O) groups excluding carboxylic acids is 1. The number of aryl methyl sites for hydroxylation is 1. The Labute approximate surface area is 150 Å². The highest BCUT2D eigenvalue weighted by Gasteiger charge is 2.34. The van der Waals surface area contributed by atoms with Gasteiger partial charge in [-0.2, -0.15) is 5.10 Å². The number of methoxy groups -OCH3 is 1. The van der Waals surface area contributed by atoms with Gasteiger partial charge in [0.1, 0.15) is 0 Å². The molecule has 25 heavy (non-hydrogen) atoms. The molecule has 0 radical (unpaired) electrons. The van der Waals surface area contributed by atoms with Crippen molar-refractivity contribution in [2.24, 2.45) is 13.0 Å². The minimum Gasteiger partial charge on any atom is -0.491 e. The summed E-state index contributed by atoms with van der Waals surface area (Å²) in [7, 11) is 2.99. The average molecular weight is 373 g/mol.